The summed E-state index contributed by atoms with van der Waals surface area (Å²) >= 11 is 1.13. The van der Waals surface area contributed by atoms with Crippen LogP contribution in [0.3, 0.4) is 0 Å². The number of aromatic nitrogens is 4. The molecule has 0 radical (unpaired) electrons. The van der Waals surface area contributed by atoms with E-state index >= 15 is 0 Å². The van der Waals surface area contributed by atoms with Gasteiger partial charge in [0.2, 0.25) is 5.13 Å². The van der Waals surface area contributed by atoms with Gasteiger partial charge in [-0.15, -0.1) is 0 Å². The molecule has 0 saturated carbocycles. The quantitative estimate of drug-likeness (QED) is 0.621. The molecule has 7 heteroatoms. The molecule has 0 aliphatic rings. The van der Waals surface area contributed by atoms with E-state index in [1.807, 2.05) is 36.4 Å². The van der Waals surface area contributed by atoms with Gasteiger partial charge in [0.05, 0.1) is 0 Å². The molecule has 3 heterocycles. The van der Waals surface area contributed by atoms with Gasteiger partial charge >= 0.3 is 0 Å². The van der Waals surface area contributed by atoms with Crippen molar-refractivity contribution < 1.29 is 4.79 Å². The number of fused-ring (bicyclic) bond motifs is 1. The summed E-state index contributed by atoms with van der Waals surface area (Å²) in [4.78, 5) is 25.2. The maximum absolute atomic E-state index is 12.6. The highest BCUT2D eigenvalue weighted by Crippen LogP contribution is 2.22. The van der Waals surface area contributed by atoms with Crippen molar-refractivity contribution in [1.82, 2.24) is 19.3 Å². The van der Waals surface area contributed by atoms with Crippen molar-refractivity contribution >= 4 is 33.3 Å². The maximum Gasteiger partial charge on any atom is 0.258 e. The minimum Gasteiger partial charge on any atom is -0.297 e. The fraction of sp³-hybridized carbons (Fsp3) is 0. The number of rotatable bonds is 3. The number of benzene rings is 1. The lowest BCUT2D eigenvalue weighted by Crippen LogP contribution is -2.12. The molecule has 0 atom stereocenters. The van der Waals surface area contributed by atoms with Crippen LogP contribution < -0.4 is 5.32 Å². The summed E-state index contributed by atoms with van der Waals surface area (Å²) < 4.78 is 4.24. The number of carbonyl (C=O) groups is 1. The van der Waals surface area contributed by atoms with E-state index in [0.29, 0.717) is 22.2 Å². The molecule has 0 unspecified atom stereocenters. The minimum absolute atomic E-state index is 0.226. The van der Waals surface area contributed by atoms with E-state index in [1.165, 1.54) is 0 Å². The van der Waals surface area contributed by atoms with Crippen molar-refractivity contribution in [2.75, 3.05) is 5.32 Å². The lowest BCUT2D eigenvalue weighted by atomic mass is 10.1. The smallest absolute Gasteiger partial charge is 0.258 e. The molecule has 6 nitrogen and oxygen atoms in total. The first-order valence-corrected chi connectivity index (χ1v) is 7.98. The zero-order chi connectivity index (χ0) is 16.4. The molecule has 4 aromatic rings. The summed E-state index contributed by atoms with van der Waals surface area (Å²) in [5.41, 5.74) is 1.25. The van der Waals surface area contributed by atoms with Crippen molar-refractivity contribution in [3.05, 3.63) is 66.6 Å². The van der Waals surface area contributed by atoms with E-state index in [4.69, 9.17) is 0 Å². The van der Waals surface area contributed by atoms with Crippen molar-refractivity contribution in [2.24, 2.45) is 0 Å². The van der Waals surface area contributed by atoms with Gasteiger partial charge in [-0.1, -0.05) is 18.2 Å². The molecule has 1 aromatic carbocycles. The van der Waals surface area contributed by atoms with Crippen LogP contribution in [0, 0.1) is 0 Å². The fourth-order valence-corrected chi connectivity index (χ4v) is 2.93. The lowest BCUT2D eigenvalue weighted by Gasteiger charge is -2.05. The van der Waals surface area contributed by atoms with E-state index < -0.39 is 0 Å². The van der Waals surface area contributed by atoms with Gasteiger partial charge in [0.15, 0.2) is 5.82 Å². The van der Waals surface area contributed by atoms with Crippen LogP contribution in [0.25, 0.3) is 22.3 Å². The molecule has 116 valence electrons. The Morgan fingerprint density at radius 1 is 1.04 bits per heavy atom. The highest BCUT2D eigenvalue weighted by Gasteiger charge is 2.13. The van der Waals surface area contributed by atoms with Crippen LogP contribution in [0.2, 0.25) is 0 Å². The van der Waals surface area contributed by atoms with Crippen LogP contribution in [0.15, 0.2) is 61.1 Å². The van der Waals surface area contributed by atoms with E-state index in [2.05, 4.69) is 24.6 Å². The average Bonchev–Trinajstić information content (AvgIpc) is 3.10. The first kappa shape index (κ1) is 14.4. The highest BCUT2D eigenvalue weighted by molar-refractivity contribution is 7.10. The Balaban J connectivity index is 1.61. The van der Waals surface area contributed by atoms with Gasteiger partial charge in [-0.3, -0.25) is 20.1 Å². The van der Waals surface area contributed by atoms with Crippen LogP contribution in [0.4, 0.5) is 5.13 Å². The van der Waals surface area contributed by atoms with Crippen LogP contribution in [-0.4, -0.2) is 25.2 Å². The number of hydrogen-bond acceptors (Lipinski definition) is 6. The van der Waals surface area contributed by atoms with Crippen LogP contribution in [-0.2, 0) is 0 Å². The number of amides is 1. The van der Waals surface area contributed by atoms with E-state index in [-0.39, 0.29) is 5.91 Å². The summed E-state index contributed by atoms with van der Waals surface area (Å²) in [6, 6.07) is 12.9. The Morgan fingerprint density at radius 2 is 2.00 bits per heavy atom. The first-order valence-electron chi connectivity index (χ1n) is 7.20. The predicted octanol–water partition coefficient (Wildman–Crippen LogP) is 3.40. The fourth-order valence-electron chi connectivity index (χ4n) is 2.36. The molecule has 0 fully saturated rings. The molecule has 24 heavy (non-hydrogen) atoms. The molecule has 0 aliphatic heterocycles. The van der Waals surface area contributed by atoms with E-state index in [1.54, 1.807) is 24.7 Å². The standard InChI is InChI=1S/C17H11N5OS/c23-16(13-5-3-4-11-10-18-9-7-12(11)13)21-17-20-15(22-24-17)14-6-1-2-8-19-14/h1-10H,(H,20,21,22,23). The second kappa shape index (κ2) is 6.13. The molecule has 0 aliphatic carbocycles. The average molecular weight is 333 g/mol. The summed E-state index contributed by atoms with van der Waals surface area (Å²) in [6.45, 7) is 0. The lowest BCUT2D eigenvalue weighted by molar-refractivity contribution is 0.102. The number of carbonyl (C=O) groups excluding carboxylic acids is 1. The summed E-state index contributed by atoms with van der Waals surface area (Å²) in [7, 11) is 0. The molecular weight excluding hydrogens is 322 g/mol. The van der Waals surface area contributed by atoms with E-state index in [0.717, 1.165) is 22.3 Å². The molecule has 4 rings (SSSR count). The Labute approximate surface area is 141 Å². The van der Waals surface area contributed by atoms with Gasteiger partial charge in [-0.2, -0.15) is 9.36 Å². The highest BCUT2D eigenvalue weighted by atomic mass is 32.1. The molecule has 0 spiro atoms. The summed E-state index contributed by atoms with van der Waals surface area (Å²) in [5.74, 6) is 0.272. The van der Waals surface area contributed by atoms with Crippen LogP contribution >= 0.6 is 11.5 Å². The molecule has 0 saturated heterocycles. The van der Waals surface area contributed by atoms with Gasteiger partial charge in [0.1, 0.15) is 5.69 Å². The third-order valence-corrected chi connectivity index (χ3v) is 4.10. The number of anilines is 1. The topological polar surface area (TPSA) is 80.7 Å². The SMILES string of the molecule is O=C(Nc1nc(-c2ccccn2)ns1)c1cccc2cnccc12. The van der Waals surface area contributed by atoms with Gasteiger partial charge < -0.3 is 0 Å². The predicted molar refractivity (Wildman–Crippen MR) is 92.8 cm³/mol. The Hall–Kier alpha value is -3.19. The number of nitrogens with zero attached hydrogens (tertiary/aromatic N) is 4. The Morgan fingerprint density at radius 3 is 2.88 bits per heavy atom. The van der Waals surface area contributed by atoms with Crippen molar-refractivity contribution in [2.45, 2.75) is 0 Å². The zero-order valence-corrected chi connectivity index (χ0v) is 13.2. The summed E-state index contributed by atoms with van der Waals surface area (Å²) in [5, 5.41) is 5.00. The first-order chi connectivity index (χ1) is 11.8. The second-order valence-corrected chi connectivity index (χ2v) is 5.75. The van der Waals surface area contributed by atoms with Gasteiger partial charge in [0, 0.05) is 41.1 Å². The molecule has 1 N–H and O–H groups in total. The number of pyridine rings is 2. The Bertz CT molecular complexity index is 1010. The second-order valence-electron chi connectivity index (χ2n) is 4.99. The molecule has 0 bridgehead atoms. The van der Waals surface area contributed by atoms with Crippen LogP contribution in [0.5, 0.6) is 0 Å². The number of nitrogens with one attached hydrogen (secondary N) is 1. The normalized spacial score (nSPS) is 10.7. The number of hydrogen-bond donors (Lipinski definition) is 1. The monoisotopic (exact) mass is 333 g/mol. The molecular formula is C17H11N5OS. The van der Waals surface area contributed by atoms with E-state index in [9.17, 15) is 4.79 Å². The molecule has 3 aromatic heterocycles. The third-order valence-electron chi connectivity index (χ3n) is 3.47. The zero-order valence-electron chi connectivity index (χ0n) is 12.4. The van der Waals surface area contributed by atoms with Gasteiger partial charge in [-0.05, 0) is 29.7 Å². The maximum atomic E-state index is 12.6. The summed E-state index contributed by atoms with van der Waals surface area (Å²) in [6.07, 6.45) is 5.08. The van der Waals surface area contributed by atoms with Gasteiger partial charge in [0.25, 0.3) is 5.91 Å². The third kappa shape index (κ3) is 2.72. The van der Waals surface area contributed by atoms with Crippen molar-refractivity contribution in [3.63, 3.8) is 0 Å². The van der Waals surface area contributed by atoms with Crippen molar-refractivity contribution in [1.29, 1.82) is 0 Å². The molecule has 1 amide bonds. The van der Waals surface area contributed by atoms with Gasteiger partial charge in [-0.25, -0.2) is 0 Å². The van der Waals surface area contributed by atoms with Crippen molar-refractivity contribution in [3.8, 4) is 11.5 Å². The van der Waals surface area contributed by atoms with Crippen LogP contribution in [0.1, 0.15) is 10.4 Å². The Kier molecular flexibility index (Phi) is 3.68. The minimum atomic E-state index is -0.226. The largest absolute Gasteiger partial charge is 0.297 e.